The number of likely N-dealkylation sites (N-methyl/N-ethyl adjacent to an activating group) is 1. The predicted molar refractivity (Wildman–Crippen MR) is 131 cm³/mol. The number of guanidine groups is 1. The topological polar surface area (TPSA) is 69.2 Å². The molecule has 2 heterocycles. The number of hydrogen-bond acceptors (Lipinski definition) is 4. The number of carbonyl (C=O) groups excluding carboxylic acids is 1. The first kappa shape index (κ1) is 24.9. The van der Waals surface area contributed by atoms with E-state index in [1.54, 1.807) is 19.0 Å². The molecule has 0 spiro atoms. The molecule has 0 bridgehead atoms. The lowest BCUT2D eigenvalue weighted by molar-refractivity contribution is -0.127. The molecule has 2 N–H and O–H groups in total. The molecule has 2 fully saturated rings. The summed E-state index contributed by atoms with van der Waals surface area (Å²) >= 11 is 0. The third kappa shape index (κ3) is 8.39. The Morgan fingerprint density at radius 3 is 2.47 bits per heavy atom. The van der Waals surface area contributed by atoms with Crippen LogP contribution in [0.5, 0.6) is 0 Å². The number of aliphatic imine (C=N–C) groups is 1. The van der Waals surface area contributed by atoms with E-state index in [9.17, 15) is 4.79 Å². The molecule has 0 aromatic heterocycles. The average molecular weight is 529 g/mol. The van der Waals surface area contributed by atoms with Crippen molar-refractivity contribution in [3.05, 3.63) is 35.4 Å². The van der Waals surface area contributed by atoms with Gasteiger partial charge in [-0.25, -0.2) is 4.99 Å². The second-order valence-corrected chi connectivity index (χ2v) is 8.12. The van der Waals surface area contributed by atoms with Crippen LogP contribution in [-0.2, 0) is 22.6 Å². The first-order chi connectivity index (χ1) is 14.1. The Morgan fingerprint density at radius 1 is 1.13 bits per heavy atom. The van der Waals surface area contributed by atoms with Crippen molar-refractivity contribution in [2.24, 2.45) is 4.99 Å². The number of nitrogens with zero attached hydrogens (tertiary/aromatic N) is 3. The van der Waals surface area contributed by atoms with Gasteiger partial charge in [0.15, 0.2) is 5.96 Å². The number of amides is 1. The number of rotatable bonds is 8. The van der Waals surface area contributed by atoms with Crippen molar-refractivity contribution >= 4 is 35.8 Å². The molecule has 168 valence electrons. The second-order valence-electron chi connectivity index (χ2n) is 8.12. The van der Waals surface area contributed by atoms with Crippen molar-refractivity contribution in [1.29, 1.82) is 0 Å². The number of hydrogen-bond donors (Lipinski definition) is 2. The van der Waals surface area contributed by atoms with Gasteiger partial charge in [-0.2, -0.15) is 0 Å². The van der Waals surface area contributed by atoms with E-state index in [-0.39, 0.29) is 42.5 Å². The Kier molecular flexibility index (Phi) is 10.9. The van der Waals surface area contributed by atoms with Gasteiger partial charge >= 0.3 is 0 Å². The molecule has 2 aliphatic heterocycles. The van der Waals surface area contributed by atoms with E-state index >= 15 is 0 Å². The van der Waals surface area contributed by atoms with Crippen LogP contribution < -0.4 is 10.6 Å². The summed E-state index contributed by atoms with van der Waals surface area (Å²) in [4.78, 5) is 20.7. The fraction of sp³-hybridized carbons (Fsp3) is 0.636. The van der Waals surface area contributed by atoms with Crippen molar-refractivity contribution in [1.82, 2.24) is 20.4 Å². The fourth-order valence-corrected chi connectivity index (χ4v) is 3.63. The fourth-order valence-electron chi connectivity index (χ4n) is 3.63. The quantitative estimate of drug-likeness (QED) is 0.307. The van der Waals surface area contributed by atoms with Crippen LogP contribution in [0.1, 0.15) is 36.8 Å². The highest BCUT2D eigenvalue weighted by atomic mass is 127. The van der Waals surface area contributed by atoms with Crippen LogP contribution in [0.15, 0.2) is 29.3 Å². The van der Waals surface area contributed by atoms with Gasteiger partial charge in [-0.15, -0.1) is 24.0 Å². The number of halogens is 1. The van der Waals surface area contributed by atoms with Gasteiger partial charge < -0.3 is 20.3 Å². The third-order valence-electron chi connectivity index (χ3n) is 5.47. The maximum Gasteiger partial charge on any atom is 0.241 e. The van der Waals surface area contributed by atoms with Crippen LogP contribution in [0.2, 0.25) is 0 Å². The molecule has 3 rings (SSSR count). The molecule has 1 atom stereocenters. The minimum absolute atomic E-state index is 0. The monoisotopic (exact) mass is 529 g/mol. The molecule has 8 heteroatoms. The zero-order valence-electron chi connectivity index (χ0n) is 18.2. The molecular formula is C22H36IN5O2. The SMILES string of the molecule is CN(C)C(=O)CNC(=NCc1ccc(CN2CCCC2)cc1)NCC1CCCO1.I. The van der Waals surface area contributed by atoms with E-state index in [0.717, 1.165) is 31.6 Å². The number of carbonyl (C=O) groups is 1. The largest absolute Gasteiger partial charge is 0.376 e. The molecule has 0 aliphatic carbocycles. The van der Waals surface area contributed by atoms with Crippen molar-refractivity contribution in [2.75, 3.05) is 46.9 Å². The Labute approximate surface area is 197 Å². The molecule has 2 saturated heterocycles. The summed E-state index contributed by atoms with van der Waals surface area (Å²) in [6.45, 7) is 5.78. The first-order valence-corrected chi connectivity index (χ1v) is 10.7. The van der Waals surface area contributed by atoms with Gasteiger partial charge in [0.1, 0.15) is 0 Å². The number of ether oxygens (including phenoxy) is 1. The highest BCUT2D eigenvalue weighted by Gasteiger charge is 2.16. The highest BCUT2D eigenvalue weighted by Crippen LogP contribution is 2.14. The lowest BCUT2D eigenvalue weighted by Crippen LogP contribution is -2.45. The van der Waals surface area contributed by atoms with Crippen molar-refractivity contribution < 1.29 is 9.53 Å². The minimum Gasteiger partial charge on any atom is -0.376 e. The Morgan fingerprint density at radius 2 is 1.83 bits per heavy atom. The summed E-state index contributed by atoms with van der Waals surface area (Å²) in [5.41, 5.74) is 2.51. The van der Waals surface area contributed by atoms with Crippen LogP contribution in [0.4, 0.5) is 0 Å². The van der Waals surface area contributed by atoms with E-state index in [1.165, 1.54) is 31.5 Å². The van der Waals surface area contributed by atoms with Crippen LogP contribution in [0.3, 0.4) is 0 Å². The third-order valence-corrected chi connectivity index (χ3v) is 5.47. The van der Waals surface area contributed by atoms with E-state index in [0.29, 0.717) is 19.0 Å². The number of benzene rings is 1. The Hall–Kier alpha value is -1.39. The standard InChI is InChI=1S/C22H35N5O2.HI/c1-26(2)21(28)16-25-22(24-15-20-6-5-13-29-20)23-14-18-7-9-19(10-8-18)17-27-11-3-4-12-27;/h7-10,20H,3-6,11-17H2,1-2H3,(H2,23,24,25);1H. The summed E-state index contributed by atoms with van der Waals surface area (Å²) < 4.78 is 5.67. The Bertz CT molecular complexity index is 669. The number of nitrogens with one attached hydrogen (secondary N) is 2. The summed E-state index contributed by atoms with van der Waals surface area (Å²) in [7, 11) is 3.51. The van der Waals surface area contributed by atoms with Crippen LogP contribution in [0, 0.1) is 0 Å². The zero-order chi connectivity index (χ0) is 20.5. The lowest BCUT2D eigenvalue weighted by Gasteiger charge is -2.17. The summed E-state index contributed by atoms with van der Waals surface area (Å²) in [5, 5.41) is 6.46. The zero-order valence-corrected chi connectivity index (χ0v) is 20.6. The maximum absolute atomic E-state index is 11.9. The van der Waals surface area contributed by atoms with E-state index < -0.39 is 0 Å². The molecule has 1 unspecified atom stereocenters. The molecule has 1 amide bonds. The molecule has 7 nitrogen and oxygen atoms in total. The second kappa shape index (κ2) is 13.1. The molecule has 2 aliphatic rings. The van der Waals surface area contributed by atoms with Crippen LogP contribution >= 0.6 is 24.0 Å². The van der Waals surface area contributed by atoms with Crippen molar-refractivity contribution in [3.8, 4) is 0 Å². The number of likely N-dealkylation sites (tertiary alicyclic amines) is 1. The minimum atomic E-state index is 0. The van der Waals surface area contributed by atoms with Gasteiger partial charge in [-0.1, -0.05) is 24.3 Å². The molecule has 0 radical (unpaired) electrons. The normalized spacial score (nSPS) is 19.4. The van der Waals surface area contributed by atoms with Gasteiger partial charge in [-0.05, 0) is 49.9 Å². The summed E-state index contributed by atoms with van der Waals surface area (Å²) in [6.07, 6.45) is 5.02. The van der Waals surface area contributed by atoms with Gasteiger partial charge in [-0.3, -0.25) is 9.69 Å². The molecular weight excluding hydrogens is 493 g/mol. The van der Waals surface area contributed by atoms with Crippen molar-refractivity contribution in [2.45, 2.75) is 44.9 Å². The molecule has 1 aromatic rings. The van der Waals surface area contributed by atoms with E-state index in [1.807, 2.05) is 0 Å². The first-order valence-electron chi connectivity index (χ1n) is 10.7. The van der Waals surface area contributed by atoms with Crippen molar-refractivity contribution in [3.63, 3.8) is 0 Å². The average Bonchev–Trinajstić information content (AvgIpc) is 3.42. The van der Waals surface area contributed by atoms with E-state index in [4.69, 9.17) is 4.74 Å². The molecule has 30 heavy (non-hydrogen) atoms. The summed E-state index contributed by atoms with van der Waals surface area (Å²) in [5.74, 6) is 0.666. The highest BCUT2D eigenvalue weighted by molar-refractivity contribution is 14.0. The summed E-state index contributed by atoms with van der Waals surface area (Å²) in [6, 6.07) is 8.70. The predicted octanol–water partition coefficient (Wildman–Crippen LogP) is 2.20. The Balaban J connectivity index is 0.00000320. The molecule has 1 aromatic carbocycles. The van der Waals surface area contributed by atoms with Crippen LogP contribution in [-0.4, -0.2) is 74.7 Å². The maximum atomic E-state index is 11.9. The van der Waals surface area contributed by atoms with E-state index in [2.05, 4.69) is 44.8 Å². The van der Waals surface area contributed by atoms with Gasteiger partial charge in [0.05, 0.1) is 19.2 Å². The van der Waals surface area contributed by atoms with Gasteiger partial charge in [0, 0.05) is 33.8 Å². The smallest absolute Gasteiger partial charge is 0.241 e. The lowest BCUT2D eigenvalue weighted by atomic mass is 10.1. The van der Waals surface area contributed by atoms with Gasteiger partial charge in [0.25, 0.3) is 0 Å². The van der Waals surface area contributed by atoms with Crippen LogP contribution in [0.25, 0.3) is 0 Å². The van der Waals surface area contributed by atoms with Gasteiger partial charge in [0.2, 0.25) is 5.91 Å². The molecule has 0 saturated carbocycles.